The van der Waals surface area contributed by atoms with E-state index < -0.39 is 22.1 Å². The Balaban J connectivity index is 1.80. The Bertz CT molecular complexity index is 1090. The van der Waals surface area contributed by atoms with Crippen LogP contribution in [0.4, 0.5) is 24.5 Å². The van der Waals surface area contributed by atoms with Crippen molar-refractivity contribution in [2.24, 2.45) is 5.92 Å². The Morgan fingerprint density at radius 2 is 1.85 bits per heavy atom. The Morgan fingerprint density at radius 1 is 1.12 bits per heavy atom. The number of alkyl halides is 3. The van der Waals surface area contributed by atoms with Crippen LogP contribution in [0.2, 0.25) is 0 Å². The van der Waals surface area contributed by atoms with Gasteiger partial charge in [-0.1, -0.05) is 6.07 Å². The Hall–Kier alpha value is -2.99. The van der Waals surface area contributed by atoms with E-state index in [9.17, 15) is 26.4 Å². The smallest absolute Gasteiger partial charge is 0.492 e. The van der Waals surface area contributed by atoms with Gasteiger partial charge >= 0.3 is 6.36 Å². The predicted molar refractivity (Wildman–Crippen MR) is 116 cm³/mol. The van der Waals surface area contributed by atoms with E-state index in [4.69, 9.17) is 4.74 Å². The number of carbonyl (C=O) groups is 1. The van der Waals surface area contributed by atoms with Crippen molar-refractivity contribution in [3.05, 3.63) is 42.5 Å². The molecule has 0 saturated carbocycles. The van der Waals surface area contributed by atoms with E-state index in [2.05, 4.69) is 20.1 Å². The van der Waals surface area contributed by atoms with E-state index >= 15 is 0 Å². The van der Waals surface area contributed by atoms with Crippen LogP contribution in [0, 0.1) is 5.92 Å². The summed E-state index contributed by atoms with van der Waals surface area (Å²) in [5.41, 5.74) is 0.254. The van der Waals surface area contributed by atoms with Gasteiger partial charge in [-0.05, 0) is 57.1 Å². The van der Waals surface area contributed by atoms with Crippen LogP contribution >= 0.6 is 0 Å². The summed E-state index contributed by atoms with van der Waals surface area (Å²) in [7, 11) is -4.23. The molecule has 1 amide bonds. The molecular weight excluding hydrogens is 463 g/mol. The van der Waals surface area contributed by atoms with Crippen LogP contribution in [0.1, 0.15) is 19.8 Å². The third-order valence-electron chi connectivity index (χ3n) is 4.83. The molecule has 0 bridgehead atoms. The largest absolute Gasteiger partial charge is 0.573 e. The number of benzene rings is 2. The van der Waals surface area contributed by atoms with Crippen molar-refractivity contribution < 1.29 is 35.9 Å². The van der Waals surface area contributed by atoms with Gasteiger partial charge < -0.3 is 20.1 Å². The van der Waals surface area contributed by atoms with Crippen molar-refractivity contribution in [3.8, 4) is 11.5 Å². The zero-order chi connectivity index (χ0) is 24.1. The summed E-state index contributed by atoms with van der Waals surface area (Å²) in [4.78, 5) is 12.3. The fraction of sp³-hybridized carbons (Fsp3) is 0.381. The monoisotopic (exact) mass is 487 g/mol. The Kier molecular flexibility index (Phi) is 7.69. The maximum Gasteiger partial charge on any atom is 0.573 e. The lowest BCUT2D eigenvalue weighted by Gasteiger charge is -2.22. The molecule has 1 aliphatic heterocycles. The Morgan fingerprint density at radius 3 is 2.52 bits per heavy atom. The number of carbonyl (C=O) groups excluding carboxylic acids is 1. The van der Waals surface area contributed by atoms with E-state index in [1.165, 1.54) is 30.3 Å². The highest BCUT2D eigenvalue weighted by atomic mass is 32.2. The number of anilines is 2. The molecule has 3 N–H and O–H groups in total. The molecule has 1 heterocycles. The summed E-state index contributed by atoms with van der Waals surface area (Å²) in [6, 6.07) is 8.58. The van der Waals surface area contributed by atoms with Gasteiger partial charge in [0.2, 0.25) is 5.91 Å². The van der Waals surface area contributed by atoms with Crippen molar-refractivity contribution in [1.29, 1.82) is 0 Å². The van der Waals surface area contributed by atoms with Gasteiger partial charge in [0.25, 0.3) is 10.0 Å². The van der Waals surface area contributed by atoms with Crippen LogP contribution in [-0.4, -0.2) is 40.4 Å². The van der Waals surface area contributed by atoms with Crippen molar-refractivity contribution in [1.82, 2.24) is 5.32 Å². The minimum absolute atomic E-state index is 0.00388. The maximum atomic E-state index is 12.9. The zero-order valence-corrected chi connectivity index (χ0v) is 18.6. The van der Waals surface area contributed by atoms with Crippen molar-refractivity contribution in [2.75, 3.05) is 29.7 Å². The van der Waals surface area contributed by atoms with Crippen LogP contribution in [0.25, 0.3) is 0 Å². The van der Waals surface area contributed by atoms with Gasteiger partial charge in [-0.2, -0.15) is 0 Å². The second-order valence-electron chi connectivity index (χ2n) is 7.29. The quantitative estimate of drug-likeness (QED) is 0.524. The van der Waals surface area contributed by atoms with Crippen LogP contribution in [-0.2, 0) is 14.8 Å². The van der Waals surface area contributed by atoms with E-state index in [-0.39, 0.29) is 34.8 Å². The van der Waals surface area contributed by atoms with E-state index in [1.54, 1.807) is 6.92 Å². The normalized spacial score (nSPS) is 15.0. The van der Waals surface area contributed by atoms with Crippen LogP contribution in [0.15, 0.2) is 47.4 Å². The first kappa shape index (κ1) is 24.6. The highest BCUT2D eigenvalue weighted by Crippen LogP contribution is 2.31. The SMILES string of the molecule is CCOc1cc(NC(=O)C2CCNCC2)ccc1S(=O)(=O)Nc1cccc(OC(F)(F)F)c1. The molecule has 12 heteroatoms. The number of piperidine rings is 1. The molecule has 0 radical (unpaired) electrons. The number of halogens is 3. The second kappa shape index (κ2) is 10.3. The number of hydrogen-bond acceptors (Lipinski definition) is 6. The third-order valence-corrected chi connectivity index (χ3v) is 6.25. The molecule has 180 valence electrons. The molecule has 0 aliphatic carbocycles. The summed E-state index contributed by atoms with van der Waals surface area (Å²) in [5, 5.41) is 5.96. The molecule has 1 saturated heterocycles. The fourth-order valence-corrected chi connectivity index (χ4v) is 4.55. The van der Waals surface area contributed by atoms with Gasteiger partial charge in [-0.3, -0.25) is 9.52 Å². The average molecular weight is 488 g/mol. The Labute approximate surface area is 189 Å². The number of hydrogen-bond donors (Lipinski definition) is 3. The number of rotatable bonds is 8. The van der Waals surface area contributed by atoms with Crippen molar-refractivity contribution in [2.45, 2.75) is 31.0 Å². The summed E-state index contributed by atoms with van der Waals surface area (Å²) in [6.07, 6.45) is -3.50. The lowest BCUT2D eigenvalue weighted by atomic mass is 9.97. The number of nitrogens with one attached hydrogen (secondary N) is 3. The molecule has 0 unspecified atom stereocenters. The molecule has 2 aromatic carbocycles. The third kappa shape index (κ3) is 6.99. The predicted octanol–water partition coefficient (Wildman–Crippen LogP) is 3.72. The lowest BCUT2D eigenvalue weighted by Crippen LogP contribution is -2.34. The van der Waals surface area contributed by atoms with Gasteiger partial charge in [-0.25, -0.2) is 8.42 Å². The first-order valence-electron chi connectivity index (χ1n) is 10.2. The summed E-state index contributed by atoms with van der Waals surface area (Å²) < 4.78 is 74.7. The number of sulfonamides is 1. The highest BCUT2D eigenvalue weighted by Gasteiger charge is 2.31. The molecule has 33 heavy (non-hydrogen) atoms. The van der Waals surface area contributed by atoms with Gasteiger partial charge in [0.15, 0.2) is 0 Å². The van der Waals surface area contributed by atoms with Crippen LogP contribution in [0.5, 0.6) is 11.5 Å². The highest BCUT2D eigenvalue weighted by molar-refractivity contribution is 7.92. The van der Waals surface area contributed by atoms with E-state index in [0.717, 1.165) is 25.2 Å². The molecule has 1 aliphatic rings. The summed E-state index contributed by atoms with van der Waals surface area (Å²) >= 11 is 0. The van der Waals surface area contributed by atoms with E-state index in [1.807, 2.05) is 0 Å². The van der Waals surface area contributed by atoms with E-state index in [0.29, 0.717) is 18.5 Å². The van der Waals surface area contributed by atoms with Gasteiger partial charge in [0, 0.05) is 23.7 Å². The lowest BCUT2D eigenvalue weighted by molar-refractivity contribution is -0.274. The minimum Gasteiger partial charge on any atom is -0.492 e. The second-order valence-corrected chi connectivity index (χ2v) is 8.94. The van der Waals surface area contributed by atoms with Crippen LogP contribution < -0.4 is 24.8 Å². The van der Waals surface area contributed by atoms with Gasteiger partial charge in [0.1, 0.15) is 16.4 Å². The molecular formula is C21H24F3N3O5S. The fourth-order valence-electron chi connectivity index (χ4n) is 3.37. The number of amides is 1. The number of ether oxygens (including phenoxy) is 2. The van der Waals surface area contributed by atoms with Gasteiger partial charge in [0.05, 0.1) is 12.3 Å². The molecule has 8 nitrogen and oxygen atoms in total. The maximum absolute atomic E-state index is 12.9. The molecule has 0 aromatic heterocycles. The zero-order valence-electron chi connectivity index (χ0n) is 17.7. The van der Waals surface area contributed by atoms with Crippen molar-refractivity contribution in [3.63, 3.8) is 0 Å². The standard InChI is InChI=1S/C21H24F3N3O5S/c1-2-31-18-13-15(26-20(28)14-8-10-25-11-9-14)6-7-19(18)33(29,30)27-16-4-3-5-17(12-16)32-21(22,23)24/h3-7,12-14,25,27H,2,8-11H2,1H3,(H,26,28). The molecule has 3 rings (SSSR count). The first-order chi connectivity index (χ1) is 15.6. The first-order valence-corrected chi connectivity index (χ1v) is 11.7. The summed E-state index contributed by atoms with van der Waals surface area (Å²) in [6.45, 7) is 3.33. The van der Waals surface area contributed by atoms with Crippen molar-refractivity contribution >= 4 is 27.3 Å². The summed E-state index contributed by atoms with van der Waals surface area (Å²) in [5.74, 6) is -0.869. The molecule has 0 spiro atoms. The average Bonchev–Trinajstić information content (AvgIpc) is 2.73. The van der Waals surface area contributed by atoms with Gasteiger partial charge in [-0.15, -0.1) is 13.2 Å². The molecule has 1 fully saturated rings. The molecule has 2 aromatic rings. The topological polar surface area (TPSA) is 106 Å². The molecule has 0 atom stereocenters. The minimum atomic E-state index is -4.91. The van der Waals surface area contributed by atoms with Crippen LogP contribution in [0.3, 0.4) is 0 Å².